The lowest BCUT2D eigenvalue weighted by Gasteiger charge is -2.26. The van der Waals surface area contributed by atoms with Crippen LogP contribution >= 0.6 is 0 Å². The Labute approximate surface area is 105 Å². The molecule has 0 N–H and O–H groups in total. The first-order chi connectivity index (χ1) is 8.57. The maximum absolute atomic E-state index is 13.0. The number of halogens is 3. The standard InChI is InChI=1S/C14H16F3N/c15-14(16,17)13(18-10-4-5-11-18)9-8-12-6-2-1-3-7-12/h1-3,6-9,13H,4-5,10-11H2/b9-8+/t13-/m1/s1. The molecular formula is C14H16F3N. The van der Waals surface area contributed by atoms with E-state index in [0.717, 1.165) is 18.4 Å². The summed E-state index contributed by atoms with van der Waals surface area (Å²) in [6, 6.07) is 7.62. The van der Waals surface area contributed by atoms with E-state index in [9.17, 15) is 13.2 Å². The van der Waals surface area contributed by atoms with Gasteiger partial charge < -0.3 is 0 Å². The zero-order chi connectivity index (χ0) is 13.0. The molecule has 0 aromatic heterocycles. The van der Waals surface area contributed by atoms with Gasteiger partial charge in [0.1, 0.15) is 6.04 Å². The molecule has 0 saturated carbocycles. The topological polar surface area (TPSA) is 3.24 Å². The summed E-state index contributed by atoms with van der Waals surface area (Å²) in [7, 11) is 0. The molecule has 4 heteroatoms. The second-order valence-corrected chi connectivity index (χ2v) is 4.50. The largest absolute Gasteiger partial charge is 0.407 e. The van der Waals surface area contributed by atoms with Gasteiger partial charge >= 0.3 is 6.18 Å². The minimum atomic E-state index is -4.20. The van der Waals surface area contributed by atoms with Crippen molar-refractivity contribution < 1.29 is 13.2 Å². The SMILES string of the molecule is FC(F)(F)[C@@H](/C=C/c1ccccc1)N1CCCC1. The van der Waals surface area contributed by atoms with Crippen LogP contribution in [0.2, 0.25) is 0 Å². The van der Waals surface area contributed by atoms with Crippen LogP contribution in [0.25, 0.3) is 6.08 Å². The molecule has 18 heavy (non-hydrogen) atoms. The Bertz CT molecular complexity index is 391. The van der Waals surface area contributed by atoms with Crippen LogP contribution in [0.4, 0.5) is 13.2 Å². The van der Waals surface area contributed by atoms with E-state index in [0.29, 0.717) is 13.1 Å². The van der Waals surface area contributed by atoms with Gasteiger partial charge in [-0.1, -0.05) is 42.5 Å². The molecule has 1 aromatic carbocycles. The molecule has 1 aliphatic heterocycles. The minimum Gasteiger partial charge on any atom is -0.289 e. The van der Waals surface area contributed by atoms with Gasteiger partial charge in [0.05, 0.1) is 0 Å². The molecule has 0 radical (unpaired) electrons. The van der Waals surface area contributed by atoms with Crippen LogP contribution in [0.1, 0.15) is 18.4 Å². The number of nitrogens with zero attached hydrogens (tertiary/aromatic N) is 1. The number of benzene rings is 1. The molecule has 1 nitrogen and oxygen atoms in total. The van der Waals surface area contributed by atoms with Crippen molar-refractivity contribution in [1.82, 2.24) is 4.90 Å². The van der Waals surface area contributed by atoms with Crippen molar-refractivity contribution in [2.45, 2.75) is 25.1 Å². The van der Waals surface area contributed by atoms with E-state index in [1.54, 1.807) is 18.2 Å². The van der Waals surface area contributed by atoms with Crippen LogP contribution in [0, 0.1) is 0 Å². The normalized spacial score (nSPS) is 19.5. The number of hydrogen-bond acceptors (Lipinski definition) is 1. The summed E-state index contributed by atoms with van der Waals surface area (Å²) in [5.41, 5.74) is 0.797. The lowest BCUT2D eigenvalue weighted by molar-refractivity contribution is -0.167. The summed E-state index contributed by atoms with van der Waals surface area (Å²) < 4.78 is 38.9. The number of alkyl halides is 3. The maximum atomic E-state index is 13.0. The monoisotopic (exact) mass is 255 g/mol. The highest BCUT2D eigenvalue weighted by atomic mass is 19.4. The van der Waals surface area contributed by atoms with Gasteiger partial charge in [-0.15, -0.1) is 0 Å². The van der Waals surface area contributed by atoms with Gasteiger partial charge in [-0.25, -0.2) is 0 Å². The van der Waals surface area contributed by atoms with E-state index in [1.165, 1.54) is 11.0 Å². The quantitative estimate of drug-likeness (QED) is 0.795. The summed E-state index contributed by atoms with van der Waals surface area (Å²) >= 11 is 0. The molecule has 1 saturated heterocycles. The second kappa shape index (κ2) is 5.57. The third kappa shape index (κ3) is 3.35. The Hall–Kier alpha value is -1.29. The fraction of sp³-hybridized carbons (Fsp3) is 0.429. The fourth-order valence-electron chi connectivity index (χ4n) is 2.22. The van der Waals surface area contributed by atoms with Crippen LogP contribution in [-0.2, 0) is 0 Å². The van der Waals surface area contributed by atoms with E-state index >= 15 is 0 Å². The number of hydrogen-bond donors (Lipinski definition) is 0. The van der Waals surface area contributed by atoms with Crippen molar-refractivity contribution in [3.8, 4) is 0 Å². The van der Waals surface area contributed by atoms with E-state index in [-0.39, 0.29) is 0 Å². The van der Waals surface area contributed by atoms with Crippen LogP contribution in [0.3, 0.4) is 0 Å². The second-order valence-electron chi connectivity index (χ2n) is 4.50. The molecule has 0 unspecified atom stereocenters. The highest BCUT2D eigenvalue weighted by Gasteiger charge is 2.42. The van der Waals surface area contributed by atoms with Gasteiger partial charge in [-0.3, -0.25) is 4.90 Å². The van der Waals surface area contributed by atoms with Crippen molar-refractivity contribution in [3.05, 3.63) is 42.0 Å². The van der Waals surface area contributed by atoms with E-state index in [4.69, 9.17) is 0 Å². The molecule has 0 spiro atoms. The lowest BCUT2D eigenvalue weighted by Crippen LogP contribution is -2.42. The van der Waals surface area contributed by atoms with Crippen molar-refractivity contribution in [2.75, 3.05) is 13.1 Å². The highest BCUT2D eigenvalue weighted by molar-refractivity contribution is 5.49. The first-order valence-electron chi connectivity index (χ1n) is 6.11. The summed E-state index contributed by atoms with van der Waals surface area (Å²) in [6.07, 6.45) is 0.324. The first-order valence-corrected chi connectivity index (χ1v) is 6.11. The van der Waals surface area contributed by atoms with Gasteiger partial charge in [0.15, 0.2) is 0 Å². The molecule has 1 aromatic rings. The summed E-state index contributed by atoms with van der Waals surface area (Å²) in [4.78, 5) is 1.50. The van der Waals surface area contributed by atoms with Crippen LogP contribution in [-0.4, -0.2) is 30.2 Å². The molecule has 1 aliphatic rings. The van der Waals surface area contributed by atoms with Gasteiger partial charge in [-0.2, -0.15) is 13.2 Å². The molecule has 0 bridgehead atoms. The van der Waals surface area contributed by atoms with Crippen LogP contribution < -0.4 is 0 Å². The zero-order valence-electron chi connectivity index (χ0n) is 10.0. The molecule has 1 atom stereocenters. The third-order valence-corrected chi connectivity index (χ3v) is 3.14. The van der Waals surface area contributed by atoms with Crippen LogP contribution in [0.15, 0.2) is 36.4 Å². The predicted octanol–water partition coefficient (Wildman–Crippen LogP) is 3.73. The average molecular weight is 255 g/mol. The molecule has 1 heterocycles. The van der Waals surface area contributed by atoms with Crippen molar-refractivity contribution in [1.29, 1.82) is 0 Å². The fourth-order valence-corrected chi connectivity index (χ4v) is 2.22. The smallest absolute Gasteiger partial charge is 0.289 e. The van der Waals surface area contributed by atoms with Crippen molar-refractivity contribution in [3.63, 3.8) is 0 Å². The predicted molar refractivity (Wildman–Crippen MR) is 66.1 cm³/mol. The summed E-state index contributed by atoms with van der Waals surface area (Å²) in [6.45, 7) is 1.06. The van der Waals surface area contributed by atoms with Crippen molar-refractivity contribution >= 4 is 6.08 Å². The molecule has 0 aliphatic carbocycles. The third-order valence-electron chi connectivity index (χ3n) is 3.14. The van der Waals surface area contributed by atoms with Gasteiger partial charge in [-0.05, 0) is 31.5 Å². The van der Waals surface area contributed by atoms with Crippen LogP contribution in [0.5, 0.6) is 0 Å². The maximum Gasteiger partial charge on any atom is 0.407 e. The van der Waals surface area contributed by atoms with E-state index in [2.05, 4.69) is 0 Å². The minimum absolute atomic E-state index is 0.531. The Balaban J connectivity index is 2.12. The van der Waals surface area contributed by atoms with Gasteiger partial charge in [0, 0.05) is 0 Å². The van der Waals surface area contributed by atoms with E-state index in [1.807, 2.05) is 18.2 Å². The molecule has 0 amide bonds. The molecular weight excluding hydrogens is 239 g/mol. The molecule has 98 valence electrons. The zero-order valence-corrected chi connectivity index (χ0v) is 10.0. The van der Waals surface area contributed by atoms with Gasteiger partial charge in [0.25, 0.3) is 0 Å². The highest BCUT2D eigenvalue weighted by Crippen LogP contribution is 2.29. The number of likely N-dealkylation sites (tertiary alicyclic amines) is 1. The Morgan fingerprint density at radius 3 is 2.22 bits per heavy atom. The van der Waals surface area contributed by atoms with E-state index < -0.39 is 12.2 Å². The molecule has 2 rings (SSSR count). The average Bonchev–Trinajstić information content (AvgIpc) is 2.82. The Morgan fingerprint density at radius 1 is 1.06 bits per heavy atom. The summed E-state index contributed by atoms with van der Waals surface area (Å²) in [5, 5.41) is 0. The summed E-state index contributed by atoms with van der Waals surface area (Å²) in [5.74, 6) is 0. The first kappa shape index (κ1) is 13.1. The Kier molecular flexibility index (Phi) is 4.07. The molecule has 1 fully saturated rings. The Morgan fingerprint density at radius 2 is 1.67 bits per heavy atom. The van der Waals surface area contributed by atoms with Crippen molar-refractivity contribution in [2.24, 2.45) is 0 Å². The van der Waals surface area contributed by atoms with Gasteiger partial charge in [0.2, 0.25) is 0 Å². The lowest BCUT2D eigenvalue weighted by atomic mass is 10.1. The number of rotatable bonds is 3.